The van der Waals surface area contributed by atoms with Gasteiger partial charge in [-0.05, 0) is 47.5 Å². The lowest BCUT2D eigenvalue weighted by Gasteiger charge is -2.34. The Bertz CT molecular complexity index is 1570. The fourth-order valence-electron chi connectivity index (χ4n) is 4.99. The Labute approximate surface area is 228 Å². The number of aromatic nitrogens is 1. The van der Waals surface area contributed by atoms with E-state index in [9.17, 15) is 26.4 Å². The van der Waals surface area contributed by atoms with Crippen LogP contribution in [0.3, 0.4) is 0 Å². The van der Waals surface area contributed by atoms with Crippen molar-refractivity contribution in [2.24, 2.45) is 5.92 Å². The number of alkyl halides is 3. The van der Waals surface area contributed by atoms with E-state index >= 15 is 0 Å². The molecule has 204 valence electrons. The number of nitrogens with zero attached hydrogens (tertiary/aromatic N) is 2. The van der Waals surface area contributed by atoms with Crippen molar-refractivity contribution in [3.8, 4) is 11.1 Å². The summed E-state index contributed by atoms with van der Waals surface area (Å²) in [6.45, 7) is 0. The molecule has 2 aromatic heterocycles. The van der Waals surface area contributed by atoms with Gasteiger partial charge in [0.1, 0.15) is 9.84 Å². The van der Waals surface area contributed by atoms with Crippen LogP contribution in [0, 0.1) is 5.92 Å². The van der Waals surface area contributed by atoms with E-state index in [1.165, 1.54) is 12.1 Å². The third-order valence-corrected chi connectivity index (χ3v) is 9.63. The summed E-state index contributed by atoms with van der Waals surface area (Å²) in [6.07, 6.45) is -2.94. The van der Waals surface area contributed by atoms with Gasteiger partial charge in [-0.3, -0.25) is 9.78 Å². The van der Waals surface area contributed by atoms with E-state index in [1.54, 1.807) is 29.7 Å². The summed E-state index contributed by atoms with van der Waals surface area (Å²) >= 11 is 1.56. The number of hydrogen-bond acceptors (Lipinski definition) is 6. The van der Waals surface area contributed by atoms with Crippen molar-refractivity contribution >= 4 is 48.7 Å². The second-order valence-electron chi connectivity index (χ2n) is 9.61. The van der Waals surface area contributed by atoms with Crippen molar-refractivity contribution < 1.29 is 26.4 Å². The van der Waals surface area contributed by atoms with Gasteiger partial charge in [-0.25, -0.2) is 8.42 Å². The number of nitrogens with one attached hydrogen (secondary N) is 1. The molecule has 0 spiro atoms. The maximum absolute atomic E-state index is 14.2. The van der Waals surface area contributed by atoms with E-state index in [0.717, 1.165) is 34.1 Å². The molecule has 1 N–H and O–H groups in total. The molecule has 0 radical (unpaired) electrons. The number of fused-ring (bicyclic) bond motifs is 1. The molecule has 4 aromatic rings. The SMILES string of the molecule is CN(C(=O)C1CCS(=O)(=O)CC1)[C@@H](c1ccc(Nc2cnc3ccsc3c2-c2ccccc2)cc1)C(F)(F)F. The molecule has 1 aliphatic rings. The zero-order valence-corrected chi connectivity index (χ0v) is 22.6. The summed E-state index contributed by atoms with van der Waals surface area (Å²) in [6, 6.07) is 15.4. The Hall–Kier alpha value is -3.44. The number of hydrogen-bond donors (Lipinski definition) is 1. The van der Waals surface area contributed by atoms with Crippen LogP contribution in [0.15, 0.2) is 72.2 Å². The lowest BCUT2D eigenvalue weighted by molar-refractivity contribution is -0.190. The molecule has 0 unspecified atom stereocenters. The van der Waals surface area contributed by atoms with Gasteiger partial charge < -0.3 is 10.2 Å². The number of amides is 1. The molecular weight excluding hydrogens is 547 g/mol. The van der Waals surface area contributed by atoms with Gasteiger partial charge in [0.2, 0.25) is 5.91 Å². The highest BCUT2D eigenvalue weighted by atomic mass is 32.2. The van der Waals surface area contributed by atoms with Gasteiger partial charge in [0, 0.05) is 24.2 Å². The standard InChI is InChI=1S/C28H26F3N3O3S2/c1-34(27(35)20-12-15-39(36,37)16-13-20)26(28(29,30)31)19-7-9-21(10-8-19)33-23-17-32-22-11-14-38-25(22)24(23)18-5-3-2-4-6-18/h2-11,14,17,20,26,33H,12-13,15-16H2,1H3/t26-/m0/s1. The van der Waals surface area contributed by atoms with E-state index in [0.29, 0.717) is 10.6 Å². The number of halogens is 3. The topological polar surface area (TPSA) is 79.4 Å². The van der Waals surface area contributed by atoms with Crippen LogP contribution in [0.1, 0.15) is 24.4 Å². The monoisotopic (exact) mass is 573 g/mol. The molecule has 1 amide bonds. The van der Waals surface area contributed by atoms with E-state index in [2.05, 4.69) is 10.3 Å². The molecule has 1 atom stereocenters. The minimum Gasteiger partial charge on any atom is -0.354 e. The molecule has 6 nitrogen and oxygen atoms in total. The van der Waals surface area contributed by atoms with Crippen molar-refractivity contribution in [2.45, 2.75) is 25.1 Å². The first-order valence-corrected chi connectivity index (χ1v) is 15.1. The van der Waals surface area contributed by atoms with E-state index in [4.69, 9.17) is 0 Å². The van der Waals surface area contributed by atoms with Crippen LogP contribution < -0.4 is 5.32 Å². The van der Waals surface area contributed by atoms with E-state index < -0.39 is 33.9 Å². The van der Waals surface area contributed by atoms with Gasteiger partial charge >= 0.3 is 6.18 Å². The number of carbonyl (C=O) groups is 1. The highest BCUT2D eigenvalue weighted by Crippen LogP contribution is 2.41. The molecule has 39 heavy (non-hydrogen) atoms. The number of carbonyl (C=O) groups excluding carboxylic acids is 1. The molecule has 1 saturated heterocycles. The summed E-state index contributed by atoms with van der Waals surface area (Å²) in [5.74, 6) is -1.82. The lowest BCUT2D eigenvalue weighted by Crippen LogP contribution is -2.44. The minimum atomic E-state index is -4.71. The van der Waals surface area contributed by atoms with Gasteiger partial charge in [0.15, 0.2) is 6.04 Å². The Balaban J connectivity index is 1.41. The fraction of sp³-hybridized carbons (Fsp3) is 0.286. The summed E-state index contributed by atoms with van der Waals surface area (Å²) in [5, 5.41) is 5.26. The molecule has 11 heteroatoms. The normalized spacial score (nSPS) is 16.6. The van der Waals surface area contributed by atoms with Crippen LogP contribution >= 0.6 is 11.3 Å². The van der Waals surface area contributed by atoms with Gasteiger partial charge in [0.25, 0.3) is 0 Å². The van der Waals surface area contributed by atoms with Crippen molar-refractivity contribution in [3.05, 3.63) is 77.8 Å². The fourth-order valence-corrected chi connectivity index (χ4v) is 7.40. The third-order valence-electron chi connectivity index (χ3n) is 6.99. The number of thiophene rings is 1. The lowest BCUT2D eigenvalue weighted by atomic mass is 9.98. The van der Waals surface area contributed by atoms with Crippen molar-refractivity contribution in [2.75, 3.05) is 23.9 Å². The van der Waals surface area contributed by atoms with Crippen molar-refractivity contribution in [1.82, 2.24) is 9.88 Å². The Kier molecular flexibility index (Phi) is 7.39. The van der Waals surface area contributed by atoms with Crippen LogP contribution in [-0.4, -0.2) is 48.9 Å². The molecule has 0 aliphatic carbocycles. The number of rotatable bonds is 6. The third kappa shape index (κ3) is 5.79. The quantitative estimate of drug-likeness (QED) is 0.281. The Morgan fingerprint density at radius 1 is 1.05 bits per heavy atom. The molecule has 2 aromatic carbocycles. The molecule has 1 fully saturated rings. The molecule has 1 aliphatic heterocycles. The molecule has 3 heterocycles. The summed E-state index contributed by atoms with van der Waals surface area (Å²) in [5.41, 5.74) is 4.00. The average molecular weight is 574 g/mol. The minimum absolute atomic E-state index is 0.0330. The number of sulfone groups is 1. The second-order valence-corrected chi connectivity index (χ2v) is 12.8. The summed E-state index contributed by atoms with van der Waals surface area (Å²) in [4.78, 5) is 18.2. The molecule has 0 saturated carbocycles. The average Bonchev–Trinajstić information content (AvgIpc) is 3.38. The maximum atomic E-state index is 14.2. The van der Waals surface area contributed by atoms with Crippen LogP contribution in [0.4, 0.5) is 24.5 Å². The first-order valence-electron chi connectivity index (χ1n) is 12.4. The van der Waals surface area contributed by atoms with Crippen LogP contribution in [0.25, 0.3) is 21.3 Å². The zero-order chi connectivity index (χ0) is 27.8. The zero-order valence-electron chi connectivity index (χ0n) is 21.0. The first-order chi connectivity index (χ1) is 18.5. The van der Waals surface area contributed by atoms with E-state index in [-0.39, 0.29) is 29.9 Å². The van der Waals surface area contributed by atoms with Crippen LogP contribution in [0.2, 0.25) is 0 Å². The largest absolute Gasteiger partial charge is 0.413 e. The highest BCUT2D eigenvalue weighted by molar-refractivity contribution is 7.91. The van der Waals surface area contributed by atoms with Crippen molar-refractivity contribution in [1.29, 1.82) is 0 Å². The number of benzene rings is 2. The number of pyridine rings is 1. The Morgan fingerprint density at radius 3 is 2.36 bits per heavy atom. The first kappa shape index (κ1) is 27.1. The van der Waals surface area contributed by atoms with E-state index in [1.807, 2.05) is 41.8 Å². The predicted molar refractivity (Wildman–Crippen MR) is 148 cm³/mol. The maximum Gasteiger partial charge on any atom is 0.413 e. The van der Waals surface area contributed by atoms with Gasteiger partial charge in [-0.1, -0.05) is 42.5 Å². The predicted octanol–water partition coefficient (Wildman–Crippen LogP) is 6.59. The van der Waals surface area contributed by atoms with Gasteiger partial charge in [0.05, 0.1) is 33.6 Å². The number of anilines is 2. The second kappa shape index (κ2) is 10.6. The van der Waals surface area contributed by atoms with Crippen LogP contribution in [0.5, 0.6) is 0 Å². The molecule has 5 rings (SSSR count). The van der Waals surface area contributed by atoms with Gasteiger partial charge in [-0.15, -0.1) is 11.3 Å². The van der Waals surface area contributed by atoms with Crippen molar-refractivity contribution in [3.63, 3.8) is 0 Å². The molecular formula is C28H26F3N3O3S2. The van der Waals surface area contributed by atoms with Gasteiger partial charge in [-0.2, -0.15) is 13.2 Å². The summed E-state index contributed by atoms with van der Waals surface area (Å²) < 4.78 is 67.0. The smallest absolute Gasteiger partial charge is 0.354 e. The Morgan fingerprint density at radius 2 is 1.72 bits per heavy atom. The highest BCUT2D eigenvalue weighted by Gasteiger charge is 2.46. The molecule has 0 bridgehead atoms. The van der Waals surface area contributed by atoms with Crippen LogP contribution in [-0.2, 0) is 14.6 Å². The summed E-state index contributed by atoms with van der Waals surface area (Å²) in [7, 11) is -2.11.